The van der Waals surface area contributed by atoms with Gasteiger partial charge in [0.1, 0.15) is 0 Å². The Morgan fingerprint density at radius 2 is 2.17 bits per heavy atom. The summed E-state index contributed by atoms with van der Waals surface area (Å²) in [6, 6.07) is 4.76. The zero-order valence-electron chi connectivity index (χ0n) is 14.2. The molecule has 1 aliphatic heterocycles. The Hall–Kier alpha value is -1.09. The van der Waals surface area contributed by atoms with E-state index in [2.05, 4.69) is 10.0 Å². The predicted octanol–water partition coefficient (Wildman–Crippen LogP) is 2.46. The maximum Gasteiger partial charge on any atom is 0.240 e. The van der Waals surface area contributed by atoms with Crippen LogP contribution in [0.3, 0.4) is 0 Å². The lowest BCUT2D eigenvalue weighted by molar-refractivity contribution is -0.118. The van der Waals surface area contributed by atoms with Crippen LogP contribution in [-0.2, 0) is 19.6 Å². The molecule has 0 saturated carbocycles. The van der Waals surface area contributed by atoms with Gasteiger partial charge in [-0.15, -0.1) is 11.8 Å². The fourth-order valence-corrected chi connectivity index (χ4v) is 3.95. The third-order valence-corrected chi connectivity index (χ3v) is 6.01. The van der Waals surface area contributed by atoms with E-state index in [-0.39, 0.29) is 29.4 Å². The molecule has 1 atom stereocenters. The number of benzene rings is 1. The number of amides is 1. The SMILES string of the molecule is CSc1ccc(S(=O)(=O)NC[C@@H]2CCCO2)cc1NC(=O)C(C)C. The summed E-state index contributed by atoms with van der Waals surface area (Å²) in [6.07, 6.45) is 3.64. The zero-order chi connectivity index (χ0) is 17.7. The van der Waals surface area contributed by atoms with Gasteiger partial charge in [0.15, 0.2) is 0 Å². The molecule has 1 aliphatic rings. The molecule has 1 heterocycles. The van der Waals surface area contributed by atoms with Crippen molar-refractivity contribution in [1.29, 1.82) is 0 Å². The van der Waals surface area contributed by atoms with Crippen molar-refractivity contribution in [2.45, 2.75) is 42.6 Å². The molecule has 2 N–H and O–H groups in total. The van der Waals surface area contributed by atoms with Crippen LogP contribution in [0.15, 0.2) is 28.0 Å². The second-order valence-corrected chi connectivity index (χ2v) is 8.61. The Bertz CT molecular complexity index is 683. The van der Waals surface area contributed by atoms with E-state index < -0.39 is 10.0 Å². The van der Waals surface area contributed by atoms with Crippen molar-refractivity contribution in [3.05, 3.63) is 18.2 Å². The first-order valence-corrected chi connectivity index (χ1v) is 10.6. The van der Waals surface area contributed by atoms with Gasteiger partial charge in [0, 0.05) is 24.0 Å². The first-order valence-electron chi connectivity index (χ1n) is 7.93. The van der Waals surface area contributed by atoms with E-state index in [1.165, 1.54) is 17.8 Å². The van der Waals surface area contributed by atoms with E-state index in [0.29, 0.717) is 12.3 Å². The van der Waals surface area contributed by atoms with Crippen LogP contribution in [-0.4, -0.2) is 39.8 Å². The molecule has 2 rings (SSSR count). The Morgan fingerprint density at radius 1 is 1.42 bits per heavy atom. The Morgan fingerprint density at radius 3 is 2.75 bits per heavy atom. The molecule has 0 radical (unpaired) electrons. The van der Waals surface area contributed by atoms with Crippen molar-refractivity contribution < 1.29 is 17.9 Å². The van der Waals surface area contributed by atoms with Crippen LogP contribution < -0.4 is 10.0 Å². The first-order chi connectivity index (χ1) is 11.3. The van der Waals surface area contributed by atoms with Gasteiger partial charge in [-0.3, -0.25) is 4.79 Å². The number of sulfonamides is 1. The summed E-state index contributed by atoms with van der Waals surface area (Å²) < 4.78 is 33.0. The summed E-state index contributed by atoms with van der Waals surface area (Å²) in [7, 11) is -3.64. The summed E-state index contributed by atoms with van der Waals surface area (Å²) in [4.78, 5) is 12.9. The molecule has 1 amide bonds. The molecule has 1 aromatic carbocycles. The number of rotatable bonds is 7. The number of hydrogen-bond donors (Lipinski definition) is 2. The lowest BCUT2D eigenvalue weighted by Gasteiger charge is -2.15. The molecule has 0 bridgehead atoms. The molecule has 0 aliphatic carbocycles. The number of carbonyl (C=O) groups excluding carboxylic acids is 1. The van der Waals surface area contributed by atoms with Crippen LogP contribution in [0.1, 0.15) is 26.7 Å². The molecule has 8 heteroatoms. The number of hydrogen-bond acceptors (Lipinski definition) is 5. The maximum absolute atomic E-state index is 12.5. The van der Waals surface area contributed by atoms with Crippen molar-refractivity contribution in [3.63, 3.8) is 0 Å². The van der Waals surface area contributed by atoms with E-state index in [1.807, 2.05) is 6.26 Å². The summed E-state index contributed by atoms with van der Waals surface area (Å²) in [5, 5.41) is 2.79. The average Bonchev–Trinajstić information content (AvgIpc) is 3.06. The van der Waals surface area contributed by atoms with E-state index in [0.717, 1.165) is 17.7 Å². The number of nitrogens with one attached hydrogen (secondary N) is 2. The van der Waals surface area contributed by atoms with Gasteiger partial charge in [0.25, 0.3) is 0 Å². The quantitative estimate of drug-likeness (QED) is 0.718. The van der Waals surface area contributed by atoms with Crippen LogP contribution in [0, 0.1) is 5.92 Å². The number of anilines is 1. The topological polar surface area (TPSA) is 84.5 Å². The monoisotopic (exact) mass is 372 g/mol. The van der Waals surface area contributed by atoms with Gasteiger partial charge in [0.2, 0.25) is 15.9 Å². The fraction of sp³-hybridized carbons (Fsp3) is 0.562. The molecule has 24 heavy (non-hydrogen) atoms. The second kappa shape index (κ2) is 8.33. The number of thioether (sulfide) groups is 1. The standard InChI is InChI=1S/C16H24N2O4S2/c1-11(2)16(19)18-14-9-13(6-7-15(14)23-3)24(20,21)17-10-12-5-4-8-22-12/h6-7,9,11-12,17H,4-5,8,10H2,1-3H3,(H,18,19)/t12-/m0/s1. The van der Waals surface area contributed by atoms with Crippen LogP contribution in [0.25, 0.3) is 0 Å². The van der Waals surface area contributed by atoms with Gasteiger partial charge in [-0.1, -0.05) is 13.8 Å². The molecule has 1 fully saturated rings. The zero-order valence-corrected chi connectivity index (χ0v) is 15.8. The minimum Gasteiger partial charge on any atom is -0.377 e. The summed E-state index contributed by atoms with van der Waals surface area (Å²) in [5.74, 6) is -0.329. The molecule has 0 spiro atoms. The normalized spacial score (nSPS) is 18.1. The van der Waals surface area contributed by atoms with Gasteiger partial charge in [-0.05, 0) is 37.3 Å². The van der Waals surface area contributed by atoms with Crippen LogP contribution >= 0.6 is 11.8 Å². The average molecular weight is 373 g/mol. The van der Waals surface area contributed by atoms with E-state index in [4.69, 9.17) is 4.74 Å². The maximum atomic E-state index is 12.5. The molecular weight excluding hydrogens is 348 g/mol. The van der Waals surface area contributed by atoms with Crippen LogP contribution in [0.2, 0.25) is 0 Å². The van der Waals surface area contributed by atoms with Crippen LogP contribution in [0.4, 0.5) is 5.69 Å². The molecule has 134 valence electrons. The molecule has 0 unspecified atom stereocenters. The second-order valence-electron chi connectivity index (χ2n) is 5.99. The van der Waals surface area contributed by atoms with E-state index >= 15 is 0 Å². The molecule has 1 aromatic rings. The Labute approximate surface area is 147 Å². The molecule has 6 nitrogen and oxygen atoms in total. The molecular formula is C16H24N2O4S2. The van der Waals surface area contributed by atoms with Gasteiger partial charge in [-0.25, -0.2) is 13.1 Å². The lowest BCUT2D eigenvalue weighted by atomic mass is 10.2. The smallest absolute Gasteiger partial charge is 0.240 e. The highest BCUT2D eigenvalue weighted by atomic mass is 32.2. The third-order valence-electron chi connectivity index (χ3n) is 3.79. The minimum absolute atomic E-state index is 0.0645. The van der Waals surface area contributed by atoms with Gasteiger partial charge >= 0.3 is 0 Å². The molecule has 1 saturated heterocycles. The van der Waals surface area contributed by atoms with E-state index in [9.17, 15) is 13.2 Å². The van der Waals surface area contributed by atoms with Crippen molar-refractivity contribution >= 4 is 33.4 Å². The predicted molar refractivity (Wildman–Crippen MR) is 95.9 cm³/mol. The summed E-state index contributed by atoms with van der Waals surface area (Å²) in [6.45, 7) is 4.52. The van der Waals surface area contributed by atoms with Crippen LogP contribution in [0.5, 0.6) is 0 Å². The third kappa shape index (κ3) is 4.95. The highest BCUT2D eigenvalue weighted by molar-refractivity contribution is 7.98. The van der Waals surface area contributed by atoms with Crippen molar-refractivity contribution in [3.8, 4) is 0 Å². The Kier molecular flexibility index (Phi) is 6.68. The van der Waals surface area contributed by atoms with Crippen molar-refractivity contribution in [1.82, 2.24) is 4.72 Å². The highest BCUT2D eigenvalue weighted by Crippen LogP contribution is 2.28. The van der Waals surface area contributed by atoms with E-state index in [1.54, 1.807) is 26.0 Å². The summed E-state index contributed by atoms with van der Waals surface area (Å²) >= 11 is 1.45. The van der Waals surface area contributed by atoms with Gasteiger partial charge < -0.3 is 10.1 Å². The fourth-order valence-electron chi connectivity index (χ4n) is 2.32. The lowest BCUT2D eigenvalue weighted by Crippen LogP contribution is -2.32. The number of ether oxygens (including phenoxy) is 1. The first kappa shape index (κ1) is 19.2. The number of carbonyl (C=O) groups is 1. The summed E-state index contributed by atoms with van der Waals surface area (Å²) in [5.41, 5.74) is 0.515. The Balaban J connectivity index is 2.17. The van der Waals surface area contributed by atoms with Crippen molar-refractivity contribution in [2.75, 3.05) is 24.7 Å². The highest BCUT2D eigenvalue weighted by Gasteiger charge is 2.21. The van der Waals surface area contributed by atoms with Crippen molar-refractivity contribution in [2.24, 2.45) is 5.92 Å². The minimum atomic E-state index is -3.64. The van der Waals surface area contributed by atoms with Gasteiger partial charge in [-0.2, -0.15) is 0 Å². The van der Waals surface area contributed by atoms with Gasteiger partial charge in [0.05, 0.1) is 16.7 Å². The molecule has 0 aromatic heterocycles. The largest absolute Gasteiger partial charge is 0.377 e.